The van der Waals surface area contributed by atoms with E-state index in [0.717, 1.165) is 25.9 Å². The molecule has 1 saturated heterocycles. The molecule has 1 fully saturated rings. The number of piperidine rings is 1. The minimum absolute atomic E-state index is 0. The lowest BCUT2D eigenvalue weighted by Crippen LogP contribution is -2.30. The fraction of sp³-hybridized carbons (Fsp3) is 0.500. The van der Waals surface area contributed by atoms with Gasteiger partial charge in [-0.1, -0.05) is 15.9 Å². The van der Waals surface area contributed by atoms with Crippen molar-refractivity contribution in [3.63, 3.8) is 0 Å². The molecule has 1 aliphatic rings. The number of rotatable bonds is 4. The van der Waals surface area contributed by atoms with E-state index >= 15 is 0 Å². The van der Waals surface area contributed by atoms with Crippen LogP contribution in [0.4, 0.5) is 5.69 Å². The average Bonchev–Trinajstić information content (AvgIpc) is 2.38. The summed E-state index contributed by atoms with van der Waals surface area (Å²) in [6.07, 6.45) is 2.12. The van der Waals surface area contributed by atoms with E-state index in [9.17, 15) is 10.1 Å². The van der Waals surface area contributed by atoms with Crippen LogP contribution in [0.2, 0.25) is 0 Å². The fourth-order valence-electron chi connectivity index (χ4n) is 2.01. The van der Waals surface area contributed by atoms with Gasteiger partial charge in [-0.3, -0.25) is 10.1 Å². The highest BCUT2D eigenvalue weighted by Crippen LogP contribution is 2.30. The van der Waals surface area contributed by atoms with Crippen LogP contribution < -0.4 is 10.1 Å². The third kappa shape index (κ3) is 4.63. The van der Waals surface area contributed by atoms with Crippen molar-refractivity contribution in [1.82, 2.24) is 5.32 Å². The molecule has 2 rings (SSSR count). The van der Waals surface area contributed by atoms with Gasteiger partial charge in [0.15, 0.2) is 5.75 Å². The van der Waals surface area contributed by atoms with Crippen LogP contribution in [-0.2, 0) is 0 Å². The molecule has 0 amide bonds. The zero-order valence-corrected chi connectivity index (χ0v) is 12.7. The third-order valence-electron chi connectivity index (χ3n) is 3.05. The largest absolute Gasteiger partial charge is 0.487 e. The molecule has 0 atom stereocenters. The predicted molar refractivity (Wildman–Crippen MR) is 79.1 cm³/mol. The van der Waals surface area contributed by atoms with E-state index in [4.69, 9.17) is 4.74 Å². The summed E-state index contributed by atoms with van der Waals surface area (Å²) in [4.78, 5) is 10.5. The summed E-state index contributed by atoms with van der Waals surface area (Å²) in [7, 11) is 0. The summed E-state index contributed by atoms with van der Waals surface area (Å²) in [5.41, 5.74) is 0.0123. The summed E-state index contributed by atoms with van der Waals surface area (Å²) in [6, 6.07) is 4.87. The van der Waals surface area contributed by atoms with Gasteiger partial charge in [0.1, 0.15) is 0 Å². The van der Waals surface area contributed by atoms with E-state index in [1.165, 1.54) is 6.07 Å². The molecule has 5 nitrogen and oxygen atoms in total. The number of benzene rings is 1. The Bertz CT molecular complexity index is 439. The molecule has 0 aromatic heterocycles. The van der Waals surface area contributed by atoms with Gasteiger partial charge in [0.25, 0.3) is 0 Å². The van der Waals surface area contributed by atoms with Crippen LogP contribution in [0, 0.1) is 16.0 Å². The molecule has 7 heteroatoms. The van der Waals surface area contributed by atoms with E-state index in [1.807, 2.05) is 0 Å². The van der Waals surface area contributed by atoms with Gasteiger partial charge >= 0.3 is 5.69 Å². The topological polar surface area (TPSA) is 64.4 Å². The van der Waals surface area contributed by atoms with Gasteiger partial charge in [0, 0.05) is 10.5 Å². The summed E-state index contributed by atoms with van der Waals surface area (Å²) in [5.74, 6) is 0.830. The van der Waals surface area contributed by atoms with Crippen LogP contribution in [0.1, 0.15) is 12.8 Å². The van der Waals surface area contributed by atoms with Crippen LogP contribution in [0.15, 0.2) is 22.7 Å². The van der Waals surface area contributed by atoms with E-state index in [2.05, 4.69) is 21.2 Å². The van der Waals surface area contributed by atoms with Crippen LogP contribution in [0.3, 0.4) is 0 Å². The first-order valence-corrected chi connectivity index (χ1v) is 6.73. The molecule has 19 heavy (non-hydrogen) atoms. The summed E-state index contributed by atoms with van der Waals surface area (Å²) < 4.78 is 6.29. The second-order valence-electron chi connectivity index (χ2n) is 4.37. The van der Waals surface area contributed by atoms with Gasteiger partial charge in [0.05, 0.1) is 11.5 Å². The van der Waals surface area contributed by atoms with Crippen molar-refractivity contribution in [3.05, 3.63) is 32.8 Å². The van der Waals surface area contributed by atoms with Crippen molar-refractivity contribution in [2.45, 2.75) is 12.8 Å². The first-order chi connectivity index (χ1) is 8.66. The van der Waals surface area contributed by atoms with Gasteiger partial charge in [0.2, 0.25) is 0 Å². The van der Waals surface area contributed by atoms with Gasteiger partial charge < -0.3 is 10.1 Å². The smallest absolute Gasteiger partial charge is 0.312 e. The highest BCUT2D eigenvalue weighted by Gasteiger charge is 2.18. The summed E-state index contributed by atoms with van der Waals surface area (Å²) >= 11 is 3.22. The van der Waals surface area contributed by atoms with Crippen molar-refractivity contribution in [2.75, 3.05) is 19.7 Å². The highest BCUT2D eigenvalue weighted by molar-refractivity contribution is 9.10. The van der Waals surface area contributed by atoms with Crippen LogP contribution in [0.25, 0.3) is 0 Å². The van der Waals surface area contributed by atoms with Gasteiger partial charge in [-0.05, 0) is 44.0 Å². The second kappa shape index (κ2) is 7.67. The molecular weight excluding hydrogens is 336 g/mol. The first kappa shape index (κ1) is 16.2. The molecule has 1 aromatic rings. The van der Waals surface area contributed by atoms with E-state index in [0.29, 0.717) is 22.7 Å². The Morgan fingerprint density at radius 3 is 2.74 bits per heavy atom. The molecule has 1 heterocycles. The van der Waals surface area contributed by atoms with Gasteiger partial charge in [-0.15, -0.1) is 12.4 Å². The molecule has 0 saturated carbocycles. The number of hydrogen-bond acceptors (Lipinski definition) is 4. The van der Waals surface area contributed by atoms with Crippen molar-refractivity contribution in [3.8, 4) is 5.75 Å². The van der Waals surface area contributed by atoms with Crippen molar-refractivity contribution in [2.24, 2.45) is 5.92 Å². The number of nitro groups is 1. The first-order valence-electron chi connectivity index (χ1n) is 5.94. The standard InChI is InChI=1S/C12H15BrN2O3.ClH/c13-10-1-2-12(11(7-10)15(16)17)18-8-9-3-5-14-6-4-9;/h1-2,7,9,14H,3-6,8H2;1H. The number of ether oxygens (including phenoxy) is 1. The van der Waals surface area contributed by atoms with Gasteiger partial charge in [-0.25, -0.2) is 0 Å². The maximum atomic E-state index is 10.9. The Balaban J connectivity index is 0.00000180. The monoisotopic (exact) mass is 350 g/mol. The minimum Gasteiger partial charge on any atom is -0.487 e. The van der Waals surface area contributed by atoms with E-state index in [-0.39, 0.29) is 18.1 Å². The van der Waals surface area contributed by atoms with Crippen molar-refractivity contribution in [1.29, 1.82) is 0 Å². The molecule has 0 bridgehead atoms. The lowest BCUT2D eigenvalue weighted by molar-refractivity contribution is -0.386. The van der Waals surface area contributed by atoms with Crippen molar-refractivity contribution >= 4 is 34.0 Å². The minimum atomic E-state index is -0.414. The number of nitrogens with zero attached hydrogens (tertiary/aromatic N) is 1. The molecule has 1 aromatic carbocycles. The summed E-state index contributed by atoms with van der Waals surface area (Å²) in [6.45, 7) is 2.54. The zero-order chi connectivity index (χ0) is 13.0. The SMILES string of the molecule is Cl.O=[N+]([O-])c1cc(Br)ccc1OCC1CCNCC1. The lowest BCUT2D eigenvalue weighted by Gasteiger charge is -2.22. The number of nitrogens with one attached hydrogen (secondary N) is 1. The Morgan fingerprint density at radius 1 is 1.42 bits per heavy atom. The molecule has 1 aliphatic heterocycles. The second-order valence-corrected chi connectivity index (χ2v) is 5.29. The molecule has 0 spiro atoms. The van der Waals surface area contributed by atoms with E-state index in [1.54, 1.807) is 12.1 Å². The highest BCUT2D eigenvalue weighted by atomic mass is 79.9. The Labute approximate surface area is 126 Å². The molecule has 106 valence electrons. The lowest BCUT2D eigenvalue weighted by atomic mass is 9.99. The quantitative estimate of drug-likeness (QED) is 0.668. The number of halogens is 2. The Kier molecular flexibility index (Phi) is 6.54. The number of hydrogen-bond donors (Lipinski definition) is 1. The summed E-state index contributed by atoms with van der Waals surface area (Å²) in [5, 5.41) is 14.2. The zero-order valence-electron chi connectivity index (χ0n) is 10.3. The number of nitro benzene ring substituents is 1. The molecule has 0 unspecified atom stereocenters. The predicted octanol–water partition coefficient (Wildman–Crippen LogP) is 3.16. The molecule has 1 N–H and O–H groups in total. The van der Waals surface area contributed by atoms with Crippen LogP contribution in [-0.4, -0.2) is 24.6 Å². The maximum absolute atomic E-state index is 10.9. The Morgan fingerprint density at radius 2 is 2.11 bits per heavy atom. The molecule has 0 radical (unpaired) electrons. The molecule has 0 aliphatic carbocycles. The fourth-order valence-corrected chi connectivity index (χ4v) is 2.36. The third-order valence-corrected chi connectivity index (χ3v) is 3.54. The van der Waals surface area contributed by atoms with E-state index < -0.39 is 4.92 Å². The van der Waals surface area contributed by atoms with Crippen LogP contribution in [0.5, 0.6) is 5.75 Å². The normalized spacial score (nSPS) is 15.6. The maximum Gasteiger partial charge on any atom is 0.312 e. The van der Waals surface area contributed by atoms with Crippen LogP contribution >= 0.6 is 28.3 Å². The Hall–Kier alpha value is -0.850. The molecular formula is C12H16BrClN2O3. The average molecular weight is 352 g/mol. The van der Waals surface area contributed by atoms with Gasteiger partial charge in [-0.2, -0.15) is 0 Å². The van der Waals surface area contributed by atoms with Crippen molar-refractivity contribution < 1.29 is 9.66 Å².